The van der Waals surface area contributed by atoms with E-state index in [1.165, 1.54) is 13.2 Å². The second-order valence-electron chi connectivity index (χ2n) is 6.64. The molecule has 172 valence electrons. The normalized spacial score (nSPS) is 10.1. The van der Waals surface area contributed by atoms with E-state index < -0.39 is 5.97 Å². The van der Waals surface area contributed by atoms with Gasteiger partial charge in [0.1, 0.15) is 6.61 Å². The minimum Gasteiger partial charge on any atom is -0.493 e. The first-order chi connectivity index (χ1) is 15.5. The predicted octanol–water partition coefficient (Wildman–Crippen LogP) is 3.48. The first-order valence-electron chi connectivity index (χ1n) is 10.0. The summed E-state index contributed by atoms with van der Waals surface area (Å²) in [6.45, 7) is 6.17. The van der Waals surface area contributed by atoms with Crippen LogP contribution in [0.5, 0.6) is 23.0 Å². The maximum atomic E-state index is 12.6. The van der Waals surface area contributed by atoms with Crippen LogP contribution >= 0.6 is 0 Å². The van der Waals surface area contributed by atoms with Crippen LogP contribution in [-0.4, -0.2) is 57.9 Å². The summed E-state index contributed by atoms with van der Waals surface area (Å²) >= 11 is 0. The second kappa shape index (κ2) is 12.2. The molecule has 0 spiro atoms. The smallest absolute Gasteiger partial charge is 0.338 e. The van der Waals surface area contributed by atoms with Crippen LogP contribution in [0.2, 0.25) is 0 Å². The van der Waals surface area contributed by atoms with Crippen molar-refractivity contribution in [3.05, 3.63) is 60.2 Å². The number of rotatable bonds is 12. The number of benzene rings is 2. The number of hydrogen-bond donors (Lipinski definition) is 0. The van der Waals surface area contributed by atoms with Crippen molar-refractivity contribution >= 4 is 11.9 Å². The number of carbonyl (C=O) groups is 2. The van der Waals surface area contributed by atoms with Gasteiger partial charge in [-0.05, 0) is 42.8 Å². The Labute approximate surface area is 188 Å². The van der Waals surface area contributed by atoms with Gasteiger partial charge >= 0.3 is 5.97 Å². The summed E-state index contributed by atoms with van der Waals surface area (Å²) < 4.78 is 26.5. The standard InChI is InChI=1S/C24H29NO7/c1-6-12-31-20-11-9-18(14-22(20)30-5)24(27)32-16-23(26)25(7-2)15-17-8-10-19(28-3)21(13-17)29-4/h6,8-11,13-14H,1,7,12,15-16H2,2-5H3. The van der Waals surface area contributed by atoms with Crippen molar-refractivity contribution in [2.75, 3.05) is 41.1 Å². The Balaban J connectivity index is 2.00. The number of hydrogen-bond acceptors (Lipinski definition) is 7. The molecule has 0 bridgehead atoms. The molecular formula is C24H29NO7. The molecule has 0 radical (unpaired) electrons. The van der Waals surface area contributed by atoms with E-state index in [0.29, 0.717) is 42.7 Å². The fourth-order valence-electron chi connectivity index (χ4n) is 2.94. The van der Waals surface area contributed by atoms with Crippen molar-refractivity contribution < 1.29 is 33.3 Å². The highest BCUT2D eigenvalue weighted by Gasteiger charge is 2.18. The lowest BCUT2D eigenvalue weighted by Gasteiger charge is -2.21. The largest absolute Gasteiger partial charge is 0.493 e. The SMILES string of the molecule is C=CCOc1ccc(C(=O)OCC(=O)N(CC)Cc2ccc(OC)c(OC)c2)cc1OC. The van der Waals surface area contributed by atoms with E-state index in [1.807, 2.05) is 19.1 Å². The predicted molar refractivity (Wildman–Crippen MR) is 120 cm³/mol. The highest BCUT2D eigenvalue weighted by atomic mass is 16.5. The molecule has 8 heteroatoms. The molecule has 0 aliphatic rings. The maximum Gasteiger partial charge on any atom is 0.338 e. The Hall–Kier alpha value is -3.68. The van der Waals surface area contributed by atoms with Gasteiger partial charge in [0.05, 0.1) is 26.9 Å². The molecule has 32 heavy (non-hydrogen) atoms. The Kier molecular flexibility index (Phi) is 9.41. The number of methoxy groups -OCH3 is 3. The average Bonchev–Trinajstić information content (AvgIpc) is 2.83. The quantitative estimate of drug-likeness (QED) is 0.367. The number of ether oxygens (including phenoxy) is 5. The van der Waals surface area contributed by atoms with Crippen LogP contribution in [-0.2, 0) is 16.1 Å². The van der Waals surface area contributed by atoms with Crippen molar-refractivity contribution in [3.8, 4) is 23.0 Å². The fraction of sp³-hybridized carbons (Fsp3) is 0.333. The van der Waals surface area contributed by atoms with Gasteiger partial charge in [-0.1, -0.05) is 18.7 Å². The number of esters is 1. The van der Waals surface area contributed by atoms with Gasteiger partial charge in [0.15, 0.2) is 29.6 Å². The summed E-state index contributed by atoms with van der Waals surface area (Å²) in [5.41, 5.74) is 1.12. The van der Waals surface area contributed by atoms with Crippen LogP contribution in [0, 0.1) is 0 Å². The number of amides is 1. The zero-order chi connectivity index (χ0) is 23.5. The van der Waals surface area contributed by atoms with Crippen molar-refractivity contribution in [2.45, 2.75) is 13.5 Å². The van der Waals surface area contributed by atoms with Gasteiger partial charge in [-0.3, -0.25) is 4.79 Å². The Morgan fingerprint density at radius 2 is 1.59 bits per heavy atom. The second-order valence-corrected chi connectivity index (χ2v) is 6.64. The highest BCUT2D eigenvalue weighted by molar-refractivity contribution is 5.92. The van der Waals surface area contributed by atoms with Gasteiger partial charge in [-0.15, -0.1) is 0 Å². The minimum atomic E-state index is -0.630. The Morgan fingerprint density at radius 1 is 0.938 bits per heavy atom. The van der Waals surface area contributed by atoms with Crippen LogP contribution in [0.1, 0.15) is 22.8 Å². The molecular weight excluding hydrogens is 414 g/mol. The molecule has 0 saturated carbocycles. The van der Waals surface area contributed by atoms with Crippen molar-refractivity contribution in [2.24, 2.45) is 0 Å². The lowest BCUT2D eigenvalue weighted by molar-refractivity contribution is -0.134. The minimum absolute atomic E-state index is 0.253. The maximum absolute atomic E-state index is 12.6. The van der Waals surface area contributed by atoms with Crippen molar-refractivity contribution in [1.82, 2.24) is 4.90 Å². The van der Waals surface area contributed by atoms with E-state index in [4.69, 9.17) is 23.7 Å². The molecule has 0 aromatic heterocycles. The first-order valence-corrected chi connectivity index (χ1v) is 10.0. The van der Waals surface area contributed by atoms with E-state index in [9.17, 15) is 9.59 Å². The van der Waals surface area contributed by atoms with Crippen LogP contribution in [0.15, 0.2) is 49.1 Å². The average molecular weight is 443 g/mol. The van der Waals surface area contributed by atoms with Crippen LogP contribution in [0.25, 0.3) is 0 Å². The van der Waals surface area contributed by atoms with E-state index in [-0.39, 0.29) is 18.1 Å². The Bertz CT molecular complexity index is 942. The molecule has 1 amide bonds. The van der Waals surface area contributed by atoms with E-state index >= 15 is 0 Å². The van der Waals surface area contributed by atoms with Crippen molar-refractivity contribution in [3.63, 3.8) is 0 Å². The third-order valence-corrected chi connectivity index (χ3v) is 4.64. The van der Waals surface area contributed by atoms with Gasteiger partial charge in [0.2, 0.25) is 0 Å². The van der Waals surface area contributed by atoms with Gasteiger partial charge in [0, 0.05) is 13.1 Å². The van der Waals surface area contributed by atoms with Gasteiger partial charge in [-0.2, -0.15) is 0 Å². The third-order valence-electron chi connectivity index (χ3n) is 4.64. The molecule has 0 fully saturated rings. The number of carbonyl (C=O) groups excluding carboxylic acids is 2. The summed E-state index contributed by atoms with van der Waals surface area (Å²) in [6, 6.07) is 10.1. The van der Waals surface area contributed by atoms with Crippen LogP contribution in [0.3, 0.4) is 0 Å². The van der Waals surface area contributed by atoms with Gasteiger partial charge < -0.3 is 28.6 Å². The summed E-state index contributed by atoms with van der Waals surface area (Å²) in [6.07, 6.45) is 1.61. The highest BCUT2D eigenvalue weighted by Crippen LogP contribution is 2.29. The summed E-state index contributed by atoms with van der Waals surface area (Å²) in [7, 11) is 4.59. The Morgan fingerprint density at radius 3 is 2.22 bits per heavy atom. The molecule has 2 rings (SSSR count). The summed E-state index contributed by atoms with van der Waals surface area (Å²) in [5, 5.41) is 0. The third kappa shape index (κ3) is 6.41. The van der Waals surface area contributed by atoms with Gasteiger partial charge in [0.25, 0.3) is 5.91 Å². The number of likely N-dealkylation sites (N-methyl/N-ethyl adjacent to an activating group) is 1. The van der Waals surface area contributed by atoms with Crippen LogP contribution in [0.4, 0.5) is 0 Å². The van der Waals surface area contributed by atoms with Gasteiger partial charge in [-0.25, -0.2) is 4.79 Å². The zero-order valence-corrected chi connectivity index (χ0v) is 18.9. The van der Waals surface area contributed by atoms with Crippen molar-refractivity contribution in [1.29, 1.82) is 0 Å². The van der Waals surface area contributed by atoms with E-state index in [0.717, 1.165) is 5.56 Å². The topological polar surface area (TPSA) is 83.5 Å². The molecule has 0 N–H and O–H groups in total. The molecule has 0 atom stereocenters. The zero-order valence-electron chi connectivity index (χ0n) is 18.9. The lowest BCUT2D eigenvalue weighted by atomic mass is 10.2. The van der Waals surface area contributed by atoms with E-state index in [2.05, 4.69) is 6.58 Å². The van der Waals surface area contributed by atoms with Crippen LogP contribution < -0.4 is 18.9 Å². The fourth-order valence-corrected chi connectivity index (χ4v) is 2.94. The molecule has 0 heterocycles. The molecule has 0 saturated heterocycles. The summed E-state index contributed by atoms with van der Waals surface area (Å²) in [4.78, 5) is 26.6. The molecule has 2 aromatic rings. The van der Waals surface area contributed by atoms with E-state index in [1.54, 1.807) is 43.4 Å². The molecule has 0 aliphatic heterocycles. The lowest BCUT2D eigenvalue weighted by Crippen LogP contribution is -2.34. The number of nitrogens with zero attached hydrogens (tertiary/aromatic N) is 1. The first kappa shape index (κ1) is 24.6. The monoisotopic (exact) mass is 443 g/mol. The molecule has 2 aromatic carbocycles. The molecule has 0 aliphatic carbocycles. The molecule has 0 unspecified atom stereocenters. The molecule has 8 nitrogen and oxygen atoms in total. The summed E-state index contributed by atoms with van der Waals surface area (Å²) in [5.74, 6) is 1.11.